The Morgan fingerprint density at radius 1 is 1.11 bits per heavy atom. The minimum Gasteiger partial charge on any atom is -0.387 e. The zero-order valence-corrected chi connectivity index (χ0v) is 16.1. The molecule has 0 radical (unpaired) electrons. The first-order valence-electron chi connectivity index (χ1n) is 8.43. The van der Waals surface area contributed by atoms with Crippen LogP contribution in [0.3, 0.4) is 0 Å². The quantitative estimate of drug-likeness (QED) is 0.415. The van der Waals surface area contributed by atoms with Crippen molar-refractivity contribution in [3.63, 3.8) is 0 Å². The fraction of sp³-hybridized carbons (Fsp3) is 0.647. The van der Waals surface area contributed by atoms with Gasteiger partial charge in [-0.3, -0.25) is 4.55 Å². The second-order valence-corrected chi connectivity index (χ2v) is 7.66. The highest BCUT2D eigenvalue weighted by molar-refractivity contribution is 7.85. The maximum absolute atomic E-state index is 10.7. The molecule has 0 bridgehead atoms. The maximum atomic E-state index is 10.7. The number of ether oxygens (including phenoxy) is 5. The summed E-state index contributed by atoms with van der Waals surface area (Å²) in [6.45, 7) is -0.0344. The van der Waals surface area contributed by atoms with Crippen molar-refractivity contribution in [2.45, 2.75) is 37.3 Å². The van der Waals surface area contributed by atoms with Gasteiger partial charge in [-0.2, -0.15) is 8.42 Å². The molecule has 1 fully saturated rings. The molecule has 0 aromatic heterocycles. The summed E-state index contributed by atoms with van der Waals surface area (Å²) in [4.78, 5) is 0. The van der Waals surface area contributed by atoms with Gasteiger partial charge in [0.2, 0.25) is 0 Å². The van der Waals surface area contributed by atoms with E-state index in [9.17, 15) is 13.5 Å². The molecule has 1 aliphatic rings. The summed E-state index contributed by atoms with van der Waals surface area (Å²) in [5.74, 6) is -0.542. The molecule has 1 aliphatic heterocycles. The third kappa shape index (κ3) is 6.77. The first kappa shape index (κ1) is 22.2. The number of aliphatic hydroxyl groups excluding tert-OH is 1. The van der Waals surface area contributed by atoms with E-state index < -0.39 is 46.6 Å². The Morgan fingerprint density at radius 3 is 2.41 bits per heavy atom. The van der Waals surface area contributed by atoms with E-state index in [0.717, 1.165) is 5.56 Å². The minimum absolute atomic E-state index is 0.0954. The molecular formula is C17H26O9S. The summed E-state index contributed by atoms with van der Waals surface area (Å²) < 4.78 is 57.6. The van der Waals surface area contributed by atoms with Gasteiger partial charge < -0.3 is 28.8 Å². The van der Waals surface area contributed by atoms with Crippen LogP contribution in [0.25, 0.3) is 0 Å². The molecule has 1 aromatic carbocycles. The Bertz CT molecular complexity index is 652. The SMILES string of the molecule is CO[C@H]1OC(COCCS(=O)(=O)O)[C@@H](O)[C@H](OC)C1OCc1ccccc1. The molecule has 154 valence electrons. The van der Waals surface area contributed by atoms with Crippen LogP contribution in [-0.4, -0.2) is 82.0 Å². The van der Waals surface area contributed by atoms with Crippen molar-refractivity contribution >= 4 is 10.1 Å². The van der Waals surface area contributed by atoms with Crippen LogP contribution < -0.4 is 0 Å². The highest BCUT2D eigenvalue weighted by Gasteiger charge is 2.46. The molecule has 0 aliphatic carbocycles. The van der Waals surface area contributed by atoms with Crippen molar-refractivity contribution in [3.8, 4) is 0 Å². The van der Waals surface area contributed by atoms with E-state index in [-0.39, 0.29) is 19.8 Å². The van der Waals surface area contributed by atoms with Gasteiger partial charge in [0.1, 0.15) is 24.4 Å². The Labute approximate surface area is 158 Å². The molecule has 1 aromatic rings. The van der Waals surface area contributed by atoms with Gasteiger partial charge in [-0.25, -0.2) is 0 Å². The molecule has 1 heterocycles. The van der Waals surface area contributed by atoms with E-state index in [0.29, 0.717) is 0 Å². The molecule has 27 heavy (non-hydrogen) atoms. The van der Waals surface area contributed by atoms with Gasteiger partial charge in [-0.15, -0.1) is 0 Å². The largest absolute Gasteiger partial charge is 0.387 e. The van der Waals surface area contributed by atoms with Crippen molar-refractivity contribution < 1.29 is 41.8 Å². The Kier molecular flexibility index (Phi) is 8.58. The summed E-state index contributed by atoms with van der Waals surface area (Å²) in [6.07, 6.45) is -4.10. The van der Waals surface area contributed by atoms with Gasteiger partial charge in [0.25, 0.3) is 10.1 Å². The average Bonchev–Trinajstić information content (AvgIpc) is 2.64. The van der Waals surface area contributed by atoms with E-state index in [1.165, 1.54) is 14.2 Å². The molecule has 1 saturated heterocycles. The Hall–Kier alpha value is -1.11. The van der Waals surface area contributed by atoms with Crippen molar-refractivity contribution in [1.82, 2.24) is 0 Å². The van der Waals surface area contributed by atoms with Crippen LogP contribution in [0.5, 0.6) is 0 Å². The molecule has 10 heteroatoms. The van der Waals surface area contributed by atoms with Crippen molar-refractivity contribution in [2.75, 3.05) is 33.2 Å². The van der Waals surface area contributed by atoms with E-state index in [1.54, 1.807) is 0 Å². The molecule has 0 amide bonds. The third-order valence-electron chi connectivity index (χ3n) is 4.18. The molecule has 2 unspecified atom stereocenters. The first-order valence-corrected chi connectivity index (χ1v) is 10.0. The van der Waals surface area contributed by atoms with Gasteiger partial charge in [-0.1, -0.05) is 30.3 Å². The lowest BCUT2D eigenvalue weighted by Gasteiger charge is -2.43. The van der Waals surface area contributed by atoms with Crippen LogP contribution in [0.2, 0.25) is 0 Å². The zero-order chi connectivity index (χ0) is 19.9. The van der Waals surface area contributed by atoms with Gasteiger partial charge in [0.15, 0.2) is 6.29 Å². The number of aliphatic hydroxyl groups is 1. The Morgan fingerprint density at radius 2 is 1.81 bits per heavy atom. The normalized spacial score (nSPS) is 29.0. The smallest absolute Gasteiger partial charge is 0.267 e. The monoisotopic (exact) mass is 406 g/mol. The summed E-state index contributed by atoms with van der Waals surface area (Å²) in [5, 5.41) is 10.5. The van der Waals surface area contributed by atoms with Gasteiger partial charge in [0, 0.05) is 14.2 Å². The van der Waals surface area contributed by atoms with Crippen LogP contribution in [0.4, 0.5) is 0 Å². The molecular weight excluding hydrogens is 380 g/mol. The molecule has 5 atom stereocenters. The summed E-state index contributed by atoms with van der Waals surface area (Å²) in [5.41, 5.74) is 0.951. The number of hydrogen-bond donors (Lipinski definition) is 2. The zero-order valence-electron chi connectivity index (χ0n) is 15.3. The number of benzene rings is 1. The predicted octanol–water partition coefficient (Wildman–Crippen LogP) is 0.223. The second-order valence-electron chi connectivity index (χ2n) is 6.09. The van der Waals surface area contributed by atoms with E-state index in [4.69, 9.17) is 28.2 Å². The number of hydrogen-bond acceptors (Lipinski definition) is 8. The third-order valence-corrected chi connectivity index (χ3v) is 4.86. The highest BCUT2D eigenvalue weighted by Crippen LogP contribution is 2.27. The second kappa shape index (κ2) is 10.4. The lowest BCUT2D eigenvalue weighted by molar-refractivity contribution is -0.310. The van der Waals surface area contributed by atoms with Crippen LogP contribution >= 0.6 is 0 Å². The maximum Gasteiger partial charge on any atom is 0.267 e. The van der Waals surface area contributed by atoms with Gasteiger partial charge in [0.05, 0.1) is 25.6 Å². The lowest BCUT2D eigenvalue weighted by atomic mass is 9.98. The van der Waals surface area contributed by atoms with E-state index in [2.05, 4.69) is 0 Å². The van der Waals surface area contributed by atoms with Crippen LogP contribution in [0.1, 0.15) is 5.56 Å². The highest BCUT2D eigenvalue weighted by atomic mass is 32.2. The van der Waals surface area contributed by atoms with Crippen molar-refractivity contribution in [1.29, 1.82) is 0 Å². The van der Waals surface area contributed by atoms with E-state index >= 15 is 0 Å². The molecule has 9 nitrogen and oxygen atoms in total. The van der Waals surface area contributed by atoms with Gasteiger partial charge >= 0.3 is 0 Å². The average molecular weight is 406 g/mol. The number of methoxy groups -OCH3 is 2. The standard InChI is InChI=1S/C17H26O9S/c1-22-15-14(18)13(11-24-8-9-27(19,20)21)26-17(23-2)16(15)25-10-12-6-4-3-5-7-12/h3-7,13-18H,8-11H2,1-2H3,(H,19,20,21)/t13?,14-,15+,16?,17+/m1/s1. The molecule has 0 saturated carbocycles. The minimum atomic E-state index is -4.11. The van der Waals surface area contributed by atoms with Crippen molar-refractivity contribution in [3.05, 3.63) is 35.9 Å². The topological polar surface area (TPSA) is 121 Å². The fourth-order valence-electron chi connectivity index (χ4n) is 2.80. The van der Waals surface area contributed by atoms with Crippen LogP contribution in [0, 0.1) is 0 Å². The van der Waals surface area contributed by atoms with E-state index in [1.807, 2.05) is 30.3 Å². The first-order chi connectivity index (χ1) is 12.9. The molecule has 2 rings (SSSR count). The fourth-order valence-corrected chi connectivity index (χ4v) is 3.12. The van der Waals surface area contributed by atoms with Crippen LogP contribution in [-0.2, 0) is 40.4 Å². The Balaban J connectivity index is 1.95. The molecule has 0 spiro atoms. The molecule has 2 N–H and O–H groups in total. The summed E-state index contributed by atoms with van der Waals surface area (Å²) in [7, 11) is -1.22. The lowest BCUT2D eigenvalue weighted by Crippen LogP contribution is -2.60. The predicted molar refractivity (Wildman–Crippen MR) is 94.7 cm³/mol. The van der Waals surface area contributed by atoms with Crippen molar-refractivity contribution in [2.24, 2.45) is 0 Å². The summed E-state index contributed by atoms with van der Waals surface area (Å²) in [6, 6.07) is 9.52. The van der Waals surface area contributed by atoms with Crippen LogP contribution in [0.15, 0.2) is 30.3 Å². The number of rotatable bonds is 10. The van der Waals surface area contributed by atoms with Gasteiger partial charge in [-0.05, 0) is 5.56 Å². The summed E-state index contributed by atoms with van der Waals surface area (Å²) >= 11 is 0.